The summed E-state index contributed by atoms with van der Waals surface area (Å²) in [7, 11) is 0. The minimum Gasteiger partial charge on any atom is -0.394 e. The van der Waals surface area contributed by atoms with E-state index in [1.807, 2.05) is 0 Å². The fraction of sp³-hybridized carbons (Fsp3) is 0.983. The van der Waals surface area contributed by atoms with Crippen LogP contribution in [0.5, 0.6) is 0 Å². The molecular weight excluding hydrogens is 783 g/mol. The zero-order valence-corrected chi connectivity index (χ0v) is 44.3. The van der Waals surface area contributed by atoms with Crippen molar-refractivity contribution in [1.82, 2.24) is 5.32 Å². The second-order valence-electron chi connectivity index (χ2n) is 21.1. The van der Waals surface area contributed by atoms with Gasteiger partial charge in [-0.15, -0.1) is 0 Å². The molecular formula is C60H121NO3. The Morgan fingerprint density at radius 3 is 0.703 bits per heavy atom. The molecule has 1 amide bonds. The van der Waals surface area contributed by atoms with Crippen molar-refractivity contribution in [3.63, 3.8) is 0 Å². The van der Waals surface area contributed by atoms with E-state index in [1.165, 1.54) is 308 Å². The fourth-order valence-corrected chi connectivity index (χ4v) is 10.0. The quantitative estimate of drug-likeness (QED) is 0.0533. The van der Waals surface area contributed by atoms with Crippen LogP contribution in [0.15, 0.2) is 0 Å². The summed E-state index contributed by atoms with van der Waals surface area (Å²) < 4.78 is 0. The van der Waals surface area contributed by atoms with Crippen LogP contribution in [0.1, 0.15) is 361 Å². The summed E-state index contributed by atoms with van der Waals surface area (Å²) in [5.74, 6) is -0.0231. The molecule has 0 radical (unpaired) electrons. The lowest BCUT2D eigenvalue weighted by Gasteiger charge is -2.22. The lowest BCUT2D eigenvalue weighted by atomic mass is 10.0. The van der Waals surface area contributed by atoms with Crippen LogP contribution in [-0.4, -0.2) is 34.9 Å². The van der Waals surface area contributed by atoms with Gasteiger partial charge in [-0.1, -0.05) is 341 Å². The number of aliphatic hydroxyl groups is 2. The van der Waals surface area contributed by atoms with Crippen molar-refractivity contribution in [1.29, 1.82) is 0 Å². The Morgan fingerprint density at radius 2 is 0.500 bits per heavy atom. The molecule has 0 aromatic carbocycles. The Morgan fingerprint density at radius 1 is 0.312 bits per heavy atom. The number of aliphatic hydroxyl groups excluding tert-OH is 2. The molecule has 4 nitrogen and oxygen atoms in total. The van der Waals surface area contributed by atoms with Crippen molar-refractivity contribution in [3.8, 4) is 0 Å². The van der Waals surface area contributed by atoms with Gasteiger partial charge in [0.15, 0.2) is 0 Å². The number of hydrogen-bond donors (Lipinski definition) is 3. The van der Waals surface area contributed by atoms with Crippen LogP contribution in [0.2, 0.25) is 0 Å². The summed E-state index contributed by atoms with van der Waals surface area (Å²) in [6.45, 7) is 4.39. The number of amides is 1. The molecule has 0 aliphatic heterocycles. The molecule has 0 aromatic rings. The van der Waals surface area contributed by atoms with Gasteiger partial charge in [0, 0.05) is 6.42 Å². The Labute approximate surface area is 404 Å². The average Bonchev–Trinajstić information content (AvgIpc) is 3.30. The van der Waals surface area contributed by atoms with Gasteiger partial charge in [0.1, 0.15) is 0 Å². The van der Waals surface area contributed by atoms with E-state index in [9.17, 15) is 15.0 Å². The molecule has 0 bridgehead atoms. The maximum Gasteiger partial charge on any atom is 0.220 e. The van der Waals surface area contributed by atoms with Crippen LogP contribution < -0.4 is 5.32 Å². The van der Waals surface area contributed by atoms with Gasteiger partial charge in [0.25, 0.3) is 0 Å². The van der Waals surface area contributed by atoms with Crippen LogP contribution in [0.3, 0.4) is 0 Å². The first kappa shape index (κ1) is 63.4. The van der Waals surface area contributed by atoms with Gasteiger partial charge in [-0.25, -0.2) is 0 Å². The molecule has 0 aromatic heterocycles. The number of carbonyl (C=O) groups is 1. The van der Waals surface area contributed by atoms with Gasteiger partial charge in [-0.2, -0.15) is 0 Å². The monoisotopic (exact) mass is 904 g/mol. The normalized spacial score (nSPS) is 12.6. The van der Waals surface area contributed by atoms with Gasteiger partial charge in [-0.3, -0.25) is 4.79 Å². The number of nitrogens with one attached hydrogen (secondary N) is 1. The van der Waals surface area contributed by atoms with Crippen molar-refractivity contribution >= 4 is 5.91 Å². The highest BCUT2D eigenvalue weighted by Gasteiger charge is 2.20. The molecule has 0 heterocycles. The van der Waals surface area contributed by atoms with E-state index in [2.05, 4.69) is 19.2 Å². The van der Waals surface area contributed by atoms with Crippen LogP contribution in [0.25, 0.3) is 0 Å². The maximum absolute atomic E-state index is 12.5. The first-order chi connectivity index (χ1) is 31.7. The Bertz CT molecular complexity index is 849. The molecule has 0 spiro atoms. The van der Waals surface area contributed by atoms with Crippen LogP contribution in [-0.2, 0) is 4.79 Å². The van der Waals surface area contributed by atoms with Crippen LogP contribution in [0, 0.1) is 0 Å². The summed E-state index contributed by atoms with van der Waals surface area (Å²) in [4.78, 5) is 12.5. The maximum atomic E-state index is 12.5. The minimum absolute atomic E-state index is 0.0231. The molecule has 0 saturated heterocycles. The zero-order chi connectivity index (χ0) is 46.3. The lowest BCUT2D eigenvalue weighted by molar-refractivity contribution is -0.123. The molecule has 4 heteroatoms. The Hall–Kier alpha value is -0.610. The van der Waals surface area contributed by atoms with Crippen molar-refractivity contribution in [3.05, 3.63) is 0 Å². The van der Waals surface area contributed by atoms with Crippen molar-refractivity contribution < 1.29 is 15.0 Å². The Balaban J connectivity index is 3.30. The molecule has 384 valence electrons. The number of unbranched alkanes of at least 4 members (excludes halogenated alkanes) is 50. The summed E-state index contributed by atoms with van der Waals surface area (Å²) in [6.07, 6.45) is 72.8. The topological polar surface area (TPSA) is 69.6 Å². The largest absolute Gasteiger partial charge is 0.394 e. The van der Waals surface area contributed by atoms with Gasteiger partial charge in [0.05, 0.1) is 18.8 Å². The fourth-order valence-electron chi connectivity index (χ4n) is 10.0. The lowest BCUT2D eigenvalue weighted by Crippen LogP contribution is -2.45. The van der Waals surface area contributed by atoms with E-state index >= 15 is 0 Å². The summed E-state index contributed by atoms with van der Waals surface area (Å²) in [5.41, 5.74) is 0. The van der Waals surface area contributed by atoms with E-state index in [4.69, 9.17) is 0 Å². The van der Waals surface area contributed by atoms with Crippen LogP contribution >= 0.6 is 0 Å². The molecule has 0 rings (SSSR count). The molecule has 2 atom stereocenters. The number of rotatable bonds is 57. The predicted molar refractivity (Wildman–Crippen MR) is 286 cm³/mol. The SMILES string of the molecule is CCCCCCCCCCCCCCCCCCCCCCCCCCCCCCCCCCCCCCCCCC(=O)NC(CO)C(O)CCCCCCCCCCCCCCC. The first-order valence-electron chi connectivity index (χ1n) is 30.2. The highest BCUT2D eigenvalue weighted by Crippen LogP contribution is 2.19. The van der Waals surface area contributed by atoms with E-state index in [0.29, 0.717) is 12.8 Å². The van der Waals surface area contributed by atoms with E-state index in [-0.39, 0.29) is 12.5 Å². The third kappa shape index (κ3) is 52.4. The molecule has 0 saturated carbocycles. The predicted octanol–water partition coefficient (Wildman–Crippen LogP) is 19.9. The van der Waals surface area contributed by atoms with Crippen LogP contribution in [0.4, 0.5) is 0 Å². The highest BCUT2D eigenvalue weighted by molar-refractivity contribution is 5.76. The molecule has 64 heavy (non-hydrogen) atoms. The summed E-state index contributed by atoms with van der Waals surface area (Å²) in [6, 6.07) is -0.530. The van der Waals surface area contributed by atoms with Gasteiger partial charge in [0.2, 0.25) is 5.91 Å². The second-order valence-corrected chi connectivity index (χ2v) is 21.1. The third-order valence-electron chi connectivity index (χ3n) is 14.6. The average molecular weight is 905 g/mol. The summed E-state index contributed by atoms with van der Waals surface area (Å²) >= 11 is 0. The first-order valence-corrected chi connectivity index (χ1v) is 30.2. The molecule has 3 N–H and O–H groups in total. The zero-order valence-electron chi connectivity index (χ0n) is 44.3. The smallest absolute Gasteiger partial charge is 0.220 e. The van der Waals surface area contributed by atoms with Crippen molar-refractivity contribution in [2.75, 3.05) is 6.61 Å². The van der Waals surface area contributed by atoms with Gasteiger partial charge in [-0.05, 0) is 12.8 Å². The minimum atomic E-state index is -0.653. The standard InChI is InChI=1S/C60H121NO3/c1-3-5-7-9-11-13-15-17-18-19-20-21-22-23-24-25-26-27-28-29-30-31-32-33-34-35-36-37-38-39-40-41-42-44-46-48-50-52-54-56-60(64)61-58(57-62)59(63)55-53-51-49-47-45-43-16-14-12-10-8-6-4-2/h58-59,62-63H,3-57H2,1-2H3,(H,61,64). The summed E-state index contributed by atoms with van der Waals surface area (Å²) in [5, 5.41) is 23.3. The van der Waals surface area contributed by atoms with Gasteiger partial charge < -0.3 is 15.5 Å². The number of hydrogen-bond acceptors (Lipinski definition) is 3. The van der Waals surface area contributed by atoms with Gasteiger partial charge >= 0.3 is 0 Å². The molecule has 0 fully saturated rings. The molecule has 2 unspecified atom stereocenters. The molecule has 0 aliphatic rings. The van der Waals surface area contributed by atoms with E-state index in [0.717, 1.165) is 25.7 Å². The molecule has 0 aliphatic carbocycles. The van der Waals surface area contributed by atoms with Crippen molar-refractivity contribution in [2.45, 2.75) is 373 Å². The Kier molecular flexibility index (Phi) is 56.2. The highest BCUT2D eigenvalue weighted by atomic mass is 16.3. The van der Waals surface area contributed by atoms with Crippen molar-refractivity contribution in [2.24, 2.45) is 0 Å². The van der Waals surface area contributed by atoms with E-state index < -0.39 is 12.1 Å². The van der Waals surface area contributed by atoms with E-state index in [1.54, 1.807) is 0 Å². The second kappa shape index (κ2) is 56.7. The third-order valence-corrected chi connectivity index (χ3v) is 14.6. The number of carbonyl (C=O) groups excluding carboxylic acids is 1.